The lowest BCUT2D eigenvalue weighted by Crippen LogP contribution is -2.68. The predicted molar refractivity (Wildman–Crippen MR) is 141 cm³/mol. The third-order valence-corrected chi connectivity index (χ3v) is 7.89. The molecule has 0 radical (unpaired) electrons. The summed E-state index contributed by atoms with van der Waals surface area (Å²) in [5.41, 5.74) is 5.02. The van der Waals surface area contributed by atoms with Gasteiger partial charge in [0, 0.05) is 50.9 Å². The summed E-state index contributed by atoms with van der Waals surface area (Å²) in [6, 6.07) is 28.7. The van der Waals surface area contributed by atoms with Crippen molar-refractivity contribution in [2.45, 2.75) is 37.4 Å². The molecule has 0 saturated carbocycles. The van der Waals surface area contributed by atoms with Crippen LogP contribution in [0.15, 0.2) is 78.9 Å². The van der Waals surface area contributed by atoms with Crippen molar-refractivity contribution in [3.63, 3.8) is 0 Å². The van der Waals surface area contributed by atoms with Crippen molar-refractivity contribution in [2.75, 3.05) is 39.2 Å². The Labute approximate surface area is 204 Å². The number of anilines is 1. The quantitative estimate of drug-likeness (QED) is 0.486. The van der Waals surface area contributed by atoms with Gasteiger partial charge in [0.15, 0.2) is 0 Å². The lowest BCUT2D eigenvalue weighted by molar-refractivity contribution is -0.0632. The van der Waals surface area contributed by atoms with Gasteiger partial charge in [-0.05, 0) is 54.5 Å². The SMILES string of the molecule is COc1ccc(N(C)C)cc1CNC1(C(c2ccccc2)c2ccccc2)CC2CCN1CC2. The summed E-state index contributed by atoms with van der Waals surface area (Å²) in [6.45, 7) is 3.08. The van der Waals surface area contributed by atoms with Crippen LogP contribution < -0.4 is 15.0 Å². The zero-order valence-corrected chi connectivity index (χ0v) is 20.7. The molecule has 1 unspecified atom stereocenters. The molecule has 1 N–H and O–H groups in total. The maximum atomic E-state index is 5.77. The van der Waals surface area contributed by atoms with E-state index in [1.165, 1.54) is 35.2 Å². The summed E-state index contributed by atoms with van der Waals surface area (Å²) in [7, 11) is 5.95. The van der Waals surface area contributed by atoms with Crippen LogP contribution in [0.2, 0.25) is 0 Å². The van der Waals surface area contributed by atoms with Gasteiger partial charge in [-0.1, -0.05) is 60.7 Å². The average molecular weight is 456 g/mol. The first kappa shape index (κ1) is 22.9. The summed E-state index contributed by atoms with van der Waals surface area (Å²) in [5, 5.41) is 4.15. The van der Waals surface area contributed by atoms with Crippen LogP contribution in [0.5, 0.6) is 5.75 Å². The highest BCUT2D eigenvalue weighted by molar-refractivity contribution is 5.52. The molecule has 3 aromatic carbocycles. The molecule has 3 saturated heterocycles. The van der Waals surface area contributed by atoms with Gasteiger partial charge in [0.2, 0.25) is 0 Å². The second kappa shape index (κ2) is 9.81. The first-order chi connectivity index (χ1) is 16.6. The number of nitrogens with zero attached hydrogens (tertiary/aromatic N) is 2. The fourth-order valence-electron chi connectivity index (χ4n) is 6.16. The number of methoxy groups -OCH3 is 1. The molecule has 34 heavy (non-hydrogen) atoms. The van der Waals surface area contributed by atoms with Gasteiger partial charge in [-0.25, -0.2) is 0 Å². The average Bonchev–Trinajstić information content (AvgIpc) is 2.89. The zero-order valence-electron chi connectivity index (χ0n) is 20.7. The van der Waals surface area contributed by atoms with Gasteiger partial charge < -0.3 is 9.64 Å². The van der Waals surface area contributed by atoms with Gasteiger partial charge in [-0.2, -0.15) is 0 Å². The minimum absolute atomic E-state index is 0.136. The van der Waals surface area contributed by atoms with Gasteiger partial charge in [-0.3, -0.25) is 10.2 Å². The number of hydrogen-bond acceptors (Lipinski definition) is 4. The third kappa shape index (κ3) is 4.33. The molecule has 2 bridgehead atoms. The monoisotopic (exact) mass is 455 g/mol. The minimum atomic E-state index is -0.136. The number of hydrogen-bond donors (Lipinski definition) is 1. The van der Waals surface area contributed by atoms with E-state index in [9.17, 15) is 0 Å². The number of piperidine rings is 3. The normalized spacial score (nSPS) is 23.8. The molecule has 0 spiro atoms. The standard InChI is InChI=1S/C30H37N3O/c1-32(2)27-14-15-28(34-3)26(20-27)22-31-30(21-23-16-18-33(30)19-17-23)29(24-10-6-4-7-11-24)25-12-8-5-9-13-25/h4-15,20,23,29,31H,16-19,21-22H2,1-3H3. The van der Waals surface area contributed by atoms with Crippen molar-refractivity contribution in [3.8, 4) is 5.75 Å². The Balaban J connectivity index is 1.58. The number of ether oxygens (including phenoxy) is 1. The largest absolute Gasteiger partial charge is 0.496 e. The van der Waals surface area contributed by atoms with E-state index in [0.717, 1.165) is 37.7 Å². The maximum Gasteiger partial charge on any atom is 0.123 e. The van der Waals surface area contributed by atoms with Gasteiger partial charge in [0.25, 0.3) is 0 Å². The molecule has 0 aromatic heterocycles. The minimum Gasteiger partial charge on any atom is -0.496 e. The molecule has 6 rings (SSSR count). The first-order valence-electron chi connectivity index (χ1n) is 12.5. The summed E-state index contributed by atoms with van der Waals surface area (Å²) in [4.78, 5) is 4.89. The molecule has 1 atom stereocenters. The van der Waals surface area contributed by atoms with Gasteiger partial charge in [-0.15, -0.1) is 0 Å². The Morgan fingerprint density at radius 2 is 1.56 bits per heavy atom. The van der Waals surface area contributed by atoms with Crippen molar-refractivity contribution in [2.24, 2.45) is 5.92 Å². The Kier molecular flexibility index (Phi) is 6.62. The molecule has 3 heterocycles. The maximum absolute atomic E-state index is 5.77. The number of nitrogens with one attached hydrogen (secondary N) is 1. The van der Waals surface area contributed by atoms with Crippen LogP contribution in [0.3, 0.4) is 0 Å². The van der Waals surface area contributed by atoms with E-state index in [2.05, 4.69) is 108 Å². The first-order valence-corrected chi connectivity index (χ1v) is 12.5. The van der Waals surface area contributed by atoms with Crippen LogP contribution in [0.4, 0.5) is 5.69 Å². The van der Waals surface area contributed by atoms with Crippen LogP contribution in [-0.2, 0) is 6.54 Å². The molecular weight excluding hydrogens is 418 g/mol. The van der Waals surface area contributed by atoms with E-state index < -0.39 is 0 Å². The van der Waals surface area contributed by atoms with Crippen LogP contribution >= 0.6 is 0 Å². The number of benzene rings is 3. The Morgan fingerprint density at radius 3 is 2.06 bits per heavy atom. The Bertz CT molecular complexity index is 1040. The van der Waals surface area contributed by atoms with Crippen molar-refractivity contribution < 1.29 is 4.74 Å². The van der Waals surface area contributed by atoms with E-state index in [0.29, 0.717) is 0 Å². The van der Waals surface area contributed by atoms with E-state index >= 15 is 0 Å². The van der Waals surface area contributed by atoms with Crippen LogP contribution in [0.1, 0.15) is 41.9 Å². The van der Waals surface area contributed by atoms with Crippen molar-refractivity contribution in [1.29, 1.82) is 0 Å². The highest BCUT2D eigenvalue weighted by atomic mass is 16.5. The zero-order chi connectivity index (χ0) is 23.5. The molecule has 3 aliphatic heterocycles. The Morgan fingerprint density at radius 1 is 0.941 bits per heavy atom. The number of rotatable bonds is 8. The molecule has 4 nitrogen and oxygen atoms in total. The molecule has 3 fully saturated rings. The molecule has 178 valence electrons. The molecule has 0 aliphatic carbocycles. The van der Waals surface area contributed by atoms with Crippen molar-refractivity contribution >= 4 is 5.69 Å². The number of fused-ring (bicyclic) bond motifs is 3. The van der Waals surface area contributed by atoms with Gasteiger partial charge in [0.05, 0.1) is 12.8 Å². The fraction of sp³-hybridized carbons (Fsp3) is 0.400. The van der Waals surface area contributed by atoms with Crippen molar-refractivity contribution in [1.82, 2.24) is 10.2 Å². The predicted octanol–water partition coefficient (Wildman–Crippen LogP) is 5.49. The smallest absolute Gasteiger partial charge is 0.123 e. The molecule has 3 aromatic rings. The lowest BCUT2D eigenvalue weighted by Gasteiger charge is -2.58. The van der Waals surface area contributed by atoms with Gasteiger partial charge in [0.1, 0.15) is 5.75 Å². The van der Waals surface area contributed by atoms with Gasteiger partial charge >= 0.3 is 0 Å². The summed E-state index contributed by atoms with van der Waals surface area (Å²) in [6.07, 6.45) is 3.77. The van der Waals surface area contributed by atoms with E-state index in [1.807, 2.05) is 0 Å². The fourth-order valence-corrected chi connectivity index (χ4v) is 6.16. The molecular formula is C30H37N3O. The molecule has 3 aliphatic rings. The second-order valence-corrected chi connectivity index (χ2v) is 10.1. The highest BCUT2D eigenvalue weighted by Crippen LogP contribution is 2.48. The van der Waals surface area contributed by atoms with Crippen molar-refractivity contribution in [3.05, 3.63) is 95.6 Å². The van der Waals surface area contributed by atoms with E-state index in [1.54, 1.807) is 7.11 Å². The van der Waals surface area contributed by atoms with Crippen LogP contribution in [0, 0.1) is 5.92 Å². The Hall–Kier alpha value is -2.82. The highest BCUT2D eigenvalue weighted by Gasteiger charge is 2.51. The second-order valence-electron chi connectivity index (χ2n) is 10.1. The summed E-state index contributed by atoms with van der Waals surface area (Å²) >= 11 is 0. The topological polar surface area (TPSA) is 27.7 Å². The summed E-state index contributed by atoms with van der Waals surface area (Å²) in [5.74, 6) is 1.96. The molecule has 0 amide bonds. The third-order valence-electron chi connectivity index (χ3n) is 7.89. The van der Waals surface area contributed by atoms with Crippen LogP contribution in [0.25, 0.3) is 0 Å². The van der Waals surface area contributed by atoms with E-state index in [4.69, 9.17) is 4.74 Å². The lowest BCUT2D eigenvalue weighted by atomic mass is 9.69. The van der Waals surface area contributed by atoms with Crippen LogP contribution in [-0.4, -0.2) is 44.9 Å². The van der Waals surface area contributed by atoms with E-state index in [-0.39, 0.29) is 11.6 Å². The molecule has 4 heteroatoms. The summed E-state index contributed by atoms with van der Waals surface area (Å²) < 4.78 is 5.77.